The Hall–Kier alpha value is -1.63. The molecule has 0 radical (unpaired) electrons. The number of nitrogens with zero attached hydrogens (tertiary/aromatic N) is 2. The Kier molecular flexibility index (Phi) is 5.76. The van der Waals surface area contributed by atoms with E-state index in [-0.39, 0.29) is 30.8 Å². The van der Waals surface area contributed by atoms with Crippen molar-refractivity contribution in [2.75, 3.05) is 39.9 Å². The average Bonchev–Trinajstić information content (AvgIpc) is 2.54. The summed E-state index contributed by atoms with van der Waals surface area (Å²) in [6.07, 6.45) is 2.96. The number of aliphatic carboxylic acids is 1. The Labute approximate surface area is 130 Å². The van der Waals surface area contributed by atoms with Crippen molar-refractivity contribution < 1.29 is 24.2 Å². The SMILES string of the molecule is CN(CC(=O)N1CCCC(C(=O)O)C1)C(=O)C1CCCOC1. The Balaban J connectivity index is 1.84. The van der Waals surface area contributed by atoms with Crippen molar-refractivity contribution in [3.05, 3.63) is 0 Å². The van der Waals surface area contributed by atoms with Crippen molar-refractivity contribution >= 4 is 17.8 Å². The van der Waals surface area contributed by atoms with Gasteiger partial charge in [0.05, 0.1) is 25.0 Å². The number of likely N-dealkylation sites (tertiary alicyclic amines) is 1. The molecule has 0 aromatic carbocycles. The van der Waals surface area contributed by atoms with Crippen LogP contribution in [0.4, 0.5) is 0 Å². The van der Waals surface area contributed by atoms with Crippen LogP contribution >= 0.6 is 0 Å². The summed E-state index contributed by atoms with van der Waals surface area (Å²) >= 11 is 0. The lowest BCUT2D eigenvalue weighted by Gasteiger charge is -2.33. The number of rotatable bonds is 4. The lowest BCUT2D eigenvalue weighted by Crippen LogP contribution is -2.48. The number of carboxylic acids is 1. The number of carbonyl (C=O) groups is 3. The molecule has 22 heavy (non-hydrogen) atoms. The molecule has 2 aliphatic rings. The van der Waals surface area contributed by atoms with Gasteiger partial charge in [0.2, 0.25) is 11.8 Å². The van der Waals surface area contributed by atoms with Crippen molar-refractivity contribution in [2.45, 2.75) is 25.7 Å². The summed E-state index contributed by atoms with van der Waals surface area (Å²) in [4.78, 5) is 38.6. The molecule has 124 valence electrons. The van der Waals surface area contributed by atoms with Crippen LogP contribution in [0.15, 0.2) is 0 Å². The summed E-state index contributed by atoms with van der Waals surface area (Å²) in [7, 11) is 1.62. The largest absolute Gasteiger partial charge is 0.481 e. The van der Waals surface area contributed by atoms with Gasteiger partial charge in [-0.05, 0) is 25.7 Å². The minimum absolute atomic E-state index is 0.00166. The molecule has 2 atom stereocenters. The van der Waals surface area contributed by atoms with Gasteiger partial charge < -0.3 is 19.6 Å². The molecular weight excluding hydrogens is 288 g/mol. The van der Waals surface area contributed by atoms with Crippen molar-refractivity contribution in [3.8, 4) is 0 Å². The second-order valence-corrected chi connectivity index (χ2v) is 6.13. The topological polar surface area (TPSA) is 87.2 Å². The first-order chi connectivity index (χ1) is 10.5. The zero-order chi connectivity index (χ0) is 16.1. The normalized spacial score (nSPS) is 25.6. The van der Waals surface area contributed by atoms with E-state index >= 15 is 0 Å². The molecule has 1 N–H and O–H groups in total. The first-order valence-corrected chi connectivity index (χ1v) is 7.82. The highest BCUT2D eigenvalue weighted by Gasteiger charge is 2.30. The number of ether oxygens (including phenoxy) is 1. The Morgan fingerprint density at radius 3 is 2.59 bits per heavy atom. The summed E-state index contributed by atoms with van der Waals surface area (Å²) in [5, 5.41) is 9.06. The molecule has 7 nitrogen and oxygen atoms in total. The molecule has 2 aliphatic heterocycles. The average molecular weight is 312 g/mol. The summed E-state index contributed by atoms with van der Waals surface area (Å²) in [6, 6.07) is 0. The summed E-state index contributed by atoms with van der Waals surface area (Å²) in [5.41, 5.74) is 0. The van der Waals surface area contributed by atoms with E-state index in [9.17, 15) is 14.4 Å². The van der Waals surface area contributed by atoms with Crippen molar-refractivity contribution in [2.24, 2.45) is 11.8 Å². The highest BCUT2D eigenvalue weighted by molar-refractivity contribution is 5.86. The first kappa shape index (κ1) is 16.7. The van der Waals surface area contributed by atoms with Gasteiger partial charge >= 0.3 is 5.97 Å². The molecule has 0 bridgehead atoms. The zero-order valence-corrected chi connectivity index (χ0v) is 13.0. The third-order valence-electron chi connectivity index (χ3n) is 4.38. The van der Waals surface area contributed by atoms with Crippen LogP contribution in [0.1, 0.15) is 25.7 Å². The van der Waals surface area contributed by atoms with Crippen LogP contribution < -0.4 is 0 Å². The van der Waals surface area contributed by atoms with E-state index in [1.165, 1.54) is 4.90 Å². The number of piperidine rings is 1. The van der Waals surface area contributed by atoms with Gasteiger partial charge in [0.15, 0.2) is 0 Å². The molecule has 0 saturated carbocycles. The molecule has 0 spiro atoms. The summed E-state index contributed by atoms with van der Waals surface area (Å²) in [6.45, 7) is 1.92. The van der Waals surface area contributed by atoms with Crippen LogP contribution in [-0.2, 0) is 19.1 Å². The smallest absolute Gasteiger partial charge is 0.308 e. The van der Waals surface area contributed by atoms with E-state index in [0.29, 0.717) is 32.6 Å². The van der Waals surface area contributed by atoms with Crippen LogP contribution in [0.3, 0.4) is 0 Å². The third kappa shape index (κ3) is 4.19. The molecule has 2 rings (SSSR count). The van der Waals surface area contributed by atoms with Gasteiger partial charge in [-0.25, -0.2) is 0 Å². The third-order valence-corrected chi connectivity index (χ3v) is 4.38. The van der Waals surface area contributed by atoms with E-state index in [1.54, 1.807) is 11.9 Å². The molecule has 0 aromatic rings. The van der Waals surface area contributed by atoms with Crippen LogP contribution in [0.25, 0.3) is 0 Å². The molecular formula is C15H24N2O5. The molecule has 0 aromatic heterocycles. The quantitative estimate of drug-likeness (QED) is 0.801. The monoisotopic (exact) mass is 312 g/mol. The van der Waals surface area contributed by atoms with E-state index in [4.69, 9.17) is 9.84 Å². The van der Waals surface area contributed by atoms with Crippen LogP contribution in [0.5, 0.6) is 0 Å². The molecule has 2 fully saturated rings. The number of hydrogen-bond donors (Lipinski definition) is 1. The van der Waals surface area contributed by atoms with E-state index in [1.807, 2.05) is 0 Å². The van der Waals surface area contributed by atoms with Crippen LogP contribution in [0.2, 0.25) is 0 Å². The molecule has 7 heteroatoms. The van der Waals surface area contributed by atoms with Crippen LogP contribution in [-0.4, -0.2) is 72.6 Å². The van der Waals surface area contributed by atoms with E-state index in [2.05, 4.69) is 0 Å². The van der Waals surface area contributed by atoms with Gasteiger partial charge in [-0.1, -0.05) is 0 Å². The van der Waals surface area contributed by atoms with Gasteiger partial charge in [-0.15, -0.1) is 0 Å². The van der Waals surface area contributed by atoms with Gasteiger partial charge in [0, 0.05) is 26.7 Å². The molecule has 2 amide bonds. The predicted molar refractivity (Wildman–Crippen MR) is 78.1 cm³/mol. The van der Waals surface area contributed by atoms with Gasteiger partial charge in [-0.3, -0.25) is 14.4 Å². The van der Waals surface area contributed by atoms with E-state index in [0.717, 1.165) is 12.8 Å². The fourth-order valence-electron chi connectivity index (χ4n) is 3.03. The number of carbonyl (C=O) groups excluding carboxylic acids is 2. The van der Waals surface area contributed by atoms with Gasteiger partial charge in [-0.2, -0.15) is 0 Å². The first-order valence-electron chi connectivity index (χ1n) is 7.82. The maximum atomic E-state index is 12.3. The fraction of sp³-hybridized carbons (Fsp3) is 0.800. The maximum Gasteiger partial charge on any atom is 0.308 e. The summed E-state index contributed by atoms with van der Waals surface area (Å²) in [5.74, 6) is -1.77. The lowest BCUT2D eigenvalue weighted by atomic mass is 9.98. The minimum Gasteiger partial charge on any atom is -0.481 e. The molecule has 2 saturated heterocycles. The lowest BCUT2D eigenvalue weighted by molar-refractivity contribution is -0.148. The summed E-state index contributed by atoms with van der Waals surface area (Å²) < 4.78 is 5.31. The Morgan fingerprint density at radius 2 is 1.95 bits per heavy atom. The minimum atomic E-state index is -0.860. The second-order valence-electron chi connectivity index (χ2n) is 6.13. The zero-order valence-electron chi connectivity index (χ0n) is 13.0. The van der Waals surface area contributed by atoms with Crippen molar-refractivity contribution in [1.29, 1.82) is 0 Å². The number of amides is 2. The Bertz CT molecular complexity index is 434. The molecule has 2 unspecified atom stereocenters. The Morgan fingerprint density at radius 1 is 1.23 bits per heavy atom. The van der Waals surface area contributed by atoms with Gasteiger partial charge in [0.1, 0.15) is 0 Å². The van der Waals surface area contributed by atoms with Crippen molar-refractivity contribution in [3.63, 3.8) is 0 Å². The number of hydrogen-bond acceptors (Lipinski definition) is 4. The maximum absolute atomic E-state index is 12.3. The highest BCUT2D eigenvalue weighted by Crippen LogP contribution is 2.18. The second kappa shape index (κ2) is 7.58. The number of likely N-dealkylation sites (N-methyl/N-ethyl adjacent to an activating group) is 1. The molecule has 2 heterocycles. The fourth-order valence-corrected chi connectivity index (χ4v) is 3.03. The van der Waals surface area contributed by atoms with Crippen molar-refractivity contribution in [1.82, 2.24) is 9.80 Å². The highest BCUT2D eigenvalue weighted by atomic mass is 16.5. The van der Waals surface area contributed by atoms with Crippen LogP contribution in [0, 0.1) is 11.8 Å². The van der Waals surface area contributed by atoms with Gasteiger partial charge in [0.25, 0.3) is 0 Å². The van der Waals surface area contributed by atoms with E-state index < -0.39 is 11.9 Å². The standard InChI is InChI=1S/C15H24N2O5/c1-16(14(19)12-5-3-7-22-10-12)9-13(18)17-6-2-4-11(8-17)15(20)21/h11-12H,2-10H2,1H3,(H,20,21). The predicted octanol–water partition coefficient (Wildman–Crippen LogP) is 0.195. The molecule has 0 aliphatic carbocycles. The number of carboxylic acid groups (broad SMARTS) is 1.